The second-order valence-corrected chi connectivity index (χ2v) is 5.42. The van der Waals surface area contributed by atoms with Gasteiger partial charge in [0.25, 0.3) is 0 Å². The van der Waals surface area contributed by atoms with Gasteiger partial charge in [-0.2, -0.15) is 0 Å². The van der Waals surface area contributed by atoms with Crippen molar-refractivity contribution in [3.8, 4) is 11.5 Å². The molecular weight excluding hydrogens is 324 g/mol. The van der Waals surface area contributed by atoms with Crippen LogP contribution in [0.25, 0.3) is 0 Å². The summed E-state index contributed by atoms with van der Waals surface area (Å²) in [5.74, 6) is 0.354. The van der Waals surface area contributed by atoms with Crippen molar-refractivity contribution in [1.82, 2.24) is 0 Å². The molecule has 0 aliphatic carbocycles. The fourth-order valence-electron chi connectivity index (χ4n) is 2.39. The highest BCUT2D eigenvalue weighted by Crippen LogP contribution is 2.33. The summed E-state index contributed by atoms with van der Waals surface area (Å²) < 4.78 is 15.9. The van der Waals surface area contributed by atoms with Crippen LogP contribution in [0.2, 0.25) is 0 Å². The van der Waals surface area contributed by atoms with Gasteiger partial charge in [0, 0.05) is 0 Å². The standard InChI is InChI=1S/C15H22O9/c1-22-9-3-2-7(8(18)5-16)4-10(9)23-15-14(21)13(20)12(19)11(6-17)24-15/h2-4,8,11-21H,5-6H2,1H3/t8-,11+,12+,13-,14+,15+/m0/s1. The van der Waals surface area contributed by atoms with E-state index in [9.17, 15) is 25.5 Å². The van der Waals surface area contributed by atoms with Crippen molar-refractivity contribution in [2.24, 2.45) is 0 Å². The number of ether oxygens (including phenoxy) is 3. The van der Waals surface area contributed by atoms with E-state index < -0.39 is 50.0 Å². The Morgan fingerprint density at radius 3 is 2.38 bits per heavy atom. The molecule has 0 spiro atoms. The van der Waals surface area contributed by atoms with Gasteiger partial charge in [0.2, 0.25) is 6.29 Å². The summed E-state index contributed by atoms with van der Waals surface area (Å²) in [5, 5.41) is 57.4. The zero-order valence-electron chi connectivity index (χ0n) is 13.0. The SMILES string of the molecule is COc1ccc([C@@H](O)CO)cc1O[C@@H]1O[C@H](CO)[C@@H](O)[C@H](O)[C@H]1O. The first-order valence-corrected chi connectivity index (χ1v) is 7.37. The summed E-state index contributed by atoms with van der Waals surface area (Å²) >= 11 is 0. The molecular formula is C15H22O9. The van der Waals surface area contributed by atoms with E-state index in [4.69, 9.17) is 19.3 Å². The number of aliphatic hydroxyl groups excluding tert-OH is 6. The lowest BCUT2D eigenvalue weighted by atomic mass is 9.99. The van der Waals surface area contributed by atoms with Crippen LogP contribution in [0.4, 0.5) is 0 Å². The van der Waals surface area contributed by atoms with E-state index in [0.717, 1.165) is 0 Å². The van der Waals surface area contributed by atoms with Crippen molar-refractivity contribution < 1.29 is 44.8 Å². The molecule has 1 aliphatic heterocycles. The Kier molecular flexibility index (Phi) is 6.35. The summed E-state index contributed by atoms with van der Waals surface area (Å²) in [6.45, 7) is -1.07. The first-order chi connectivity index (χ1) is 11.4. The first-order valence-electron chi connectivity index (χ1n) is 7.37. The van der Waals surface area contributed by atoms with Crippen molar-refractivity contribution >= 4 is 0 Å². The minimum absolute atomic E-state index is 0.0897. The molecule has 1 saturated heterocycles. The van der Waals surface area contributed by atoms with Crippen LogP contribution in [-0.4, -0.2) is 81.7 Å². The lowest BCUT2D eigenvalue weighted by Gasteiger charge is -2.39. The lowest BCUT2D eigenvalue weighted by molar-refractivity contribution is -0.277. The van der Waals surface area contributed by atoms with Crippen molar-refractivity contribution in [2.45, 2.75) is 36.8 Å². The Balaban J connectivity index is 2.25. The molecule has 6 N–H and O–H groups in total. The lowest BCUT2D eigenvalue weighted by Crippen LogP contribution is -2.60. The summed E-state index contributed by atoms with van der Waals surface area (Å²) in [7, 11) is 1.39. The van der Waals surface area contributed by atoms with Gasteiger partial charge >= 0.3 is 0 Å². The molecule has 9 nitrogen and oxygen atoms in total. The van der Waals surface area contributed by atoms with Crippen LogP contribution in [0.1, 0.15) is 11.7 Å². The van der Waals surface area contributed by atoms with Crippen LogP contribution >= 0.6 is 0 Å². The Morgan fingerprint density at radius 2 is 1.79 bits per heavy atom. The van der Waals surface area contributed by atoms with Gasteiger partial charge < -0.3 is 44.8 Å². The molecule has 1 aliphatic rings. The van der Waals surface area contributed by atoms with Crippen molar-refractivity contribution in [3.63, 3.8) is 0 Å². The number of hydrogen-bond donors (Lipinski definition) is 6. The quantitative estimate of drug-likeness (QED) is 0.340. The molecule has 24 heavy (non-hydrogen) atoms. The molecule has 1 aromatic rings. The Labute approximate surface area is 138 Å². The monoisotopic (exact) mass is 346 g/mol. The Hall–Kier alpha value is -1.46. The third-order valence-corrected chi connectivity index (χ3v) is 3.84. The largest absolute Gasteiger partial charge is 0.493 e. The smallest absolute Gasteiger partial charge is 0.229 e. The molecule has 0 saturated carbocycles. The third-order valence-electron chi connectivity index (χ3n) is 3.84. The van der Waals surface area contributed by atoms with E-state index in [0.29, 0.717) is 5.56 Å². The maximum absolute atomic E-state index is 10.00. The Morgan fingerprint density at radius 1 is 1.08 bits per heavy atom. The van der Waals surface area contributed by atoms with Gasteiger partial charge in [-0.1, -0.05) is 6.07 Å². The number of hydrogen-bond acceptors (Lipinski definition) is 9. The number of aliphatic hydroxyl groups is 6. The van der Waals surface area contributed by atoms with Crippen LogP contribution < -0.4 is 9.47 Å². The van der Waals surface area contributed by atoms with E-state index in [1.807, 2.05) is 0 Å². The molecule has 1 heterocycles. The predicted molar refractivity (Wildman–Crippen MR) is 79.4 cm³/mol. The number of benzene rings is 1. The molecule has 2 rings (SSSR count). The van der Waals surface area contributed by atoms with E-state index in [-0.39, 0.29) is 11.5 Å². The summed E-state index contributed by atoms with van der Waals surface area (Å²) in [5.41, 5.74) is 0.345. The summed E-state index contributed by atoms with van der Waals surface area (Å²) in [6, 6.07) is 4.41. The van der Waals surface area contributed by atoms with Gasteiger partial charge in [-0.15, -0.1) is 0 Å². The first kappa shape index (κ1) is 18.9. The maximum Gasteiger partial charge on any atom is 0.229 e. The summed E-state index contributed by atoms with van der Waals surface area (Å²) in [4.78, 5) is 0. The van der Waals surface area contributed by atoms with Crippen LogP contribution in [0.3, 0.4) is 0 Å². The summed E-state index contributed by atoms with van der Waals surface area (Å²) in [6.07, 6.45) is -8.25. The average Bonchev–Trinajstić information content (AvgIpc) is 2.61. The number of methoxy groups -OCH3 is 1. The minimum atomic E-state index is -1.57. The van der Waals surface area contributed by atoms with E-state index >= 15 is 0 Å². The van der Waals surface area contributed by atoms with Crippen LogP contribution in [0, 0.1) is 0 Å². The molecule has 9 heteroatoms. The molecule has 136 valence electrons. The maximum atomic E-state index is 10.00. The highest BCUT2D eigenvalue weighted by molar-refractivity contribution is 5.43. The zero-order chi connectivity index (χ0) is 17.9. The molecule has 0 amide bonds. The molecule has 1 aromatic carbocycles. The van der Waals surface area contributed by atoms with Gasteiger partial charge in [-0.25, -0.2) is 0 Å². The highest BCUT2D eigenvalue weighted by Gasteiger charge is 2.45. The Bertz CT molecular complexity index is 536. The molecule has 1 fully saturated rings. The van der Waals surface area contributed by atoms with Crippen LogP contribution in [0.5, 0.6) is 11.5 Å². The fraction of sp³-hybridized carbons (Fsp3) is 0.600. The van der Waals surface area contributed by atoms with E-state index in [1.54, 1.807) is 0 Å². The van der Waals surface area contributed by atoms with Gasteiger partial charge in [-0.05, 0) is 17.7 Å². The second-order valence-electron chi connectivity index (χ2n) is 5.42. The van der Waals surface area contributed by atoms with Crippen molar-refractivity contribution in [3.05, 3.63) is 23.8 Å². The minimum Gasteiger partial charge on any atom is -0.493 e. The highest BCUT2D eigenvalue weighted by atomic mass is 16.7. The second kappa shape index (κ2) is 8.08. The van der Waals surface area contributed by atoms with E-state index in [2.05, 4.69) is 0 Å². The molecule has 0 aromatic heterocycles. The van der Waals surface area contributed by atoms with Gasteiger partial charge in [-0.3, -0.25) is 0 Å². The molecule has 0 radical (unpaired) electrons. The predicted octanol–water partition coefficient (Wildman–Crippen LogP) is -2.10. The fourth-order valence-corrected chi connectivity index (χ4v) is 2.39. The van der Waals surface area contributed by atoms with Crippen molar-refractivity contribution in [2.75, 3.05) is 20.3 Å². The van der Waals surface area contributed by atoms with Gasteiger partial charge in [0.1, 0.15) is 30.5 Å². The van der Waals surface area contributed by atoms with E-state index in [1.165, 1.54) is 25.3 Å². The normalized spacial score (nSPS) is 31.5. The van der Waals surface area contributed by atoms with Crippen LogP contribution in [0.15, 0.2) is 18.2 Å². The topological polar surface area (TPSA) is 149 Å². The molecule has 0 bridgehead atoms. The molecule has 0 unspecified atom stereocenters. The average molecular weight is 346 g/mol. The number of rotatable bonds is 6. The molecule has 6 atom stereocenters. The van der Waals surface area contributed by atoms with Crippen molar-refractivity contribution in [1.29, 1.82) is 0 Å². The van der Waals surface area contributed by atoms with Gasteiger partial charge in [0.15, 0.2) is 11.5 Å². The zero-order valence-corrected chi connectivity index (χ0v) is 13.0. The van der Waals surface area contributed by atoms with Crippen LogP contribution in [-0.2, 0) is 4.74 Å². The third kappa shape index (κ3) is 3.78. The van der Waals surface area contributed by atoms with Gasteiger partial charge in [0.05, 0.1) is 20.3 Å².